The summed E-state index contributed by atoms with van der Waals surface area (Å²) in [6.07, 6.45) is 6.03. The molecule has 1 atom stereocenters. The number of anilines is 1. The van der Waals surface area contributed by atoms with Gasteiger partial charge in [-0.15, -0.1) is 8.86 Å². The Labute approximate surface area is 144 Å². The van der Waals surface area contributed by atoms with Crippen LogP contribution >= 0.6 is 8.86 Å². The Balaban J connectivity index is 0.000000815. The minimum Gasteiger partial charge on any atom is -0.354 e. The number of nitrogens with one attached hydrogen (secondary N) is 1. The highest BCUT2D eigenvalue weighted by Gasteiger charge is 2.51. The Morgan fingerprint density at radius 3 is 2.88 bits per heavy atom. The summed E-state index contributed by atoms with van der Waals surface area (Å²) in [7, 11) is 3.28. The van der Waals surface area contributed by atoms with Crippen molar-refractivity contribution in [3.05, 3.63) is 18.6 Å². The Morgan fingerprint density at radius 1 is 1.38 bits per heavy atom. The van der Waals surface area contributed by atoms with Crippen LogP contribution in [0, 0.1) is 0 Å². The number of likely N-dealkylation sites (tertiary alicyclic amines) is 1. The highest BCUT2D eigenvalue weighted by molar-refractivity contribution is 7.18. The summed E-state index contributed by atoms with van der Waals surface area (Å²) < 4.78 is 0. The molecule has 2 saturated heterocycles. The van der Waals surface area contributed by atoms with Crippen LogP contribution < -0.4 is 4.90 Å². The van der Waals surface area contributed by atoms with Crippen molar-refractivity contribution in [3.63, 3.8) is 0 Å². The zero-order chi connectivity index (χ0) is 17.2. The minimum absolute atomic E-state index is 0.000103. The first-order valence-corrected chi connectivity index (χ1v) is 9.14. The number of H-pyrrole nitrogens is 1. The van der Waals surface area contributed by atoms with Crippen LogP contribution in [0.1, 0.15) is 33.1 Å². The van der Waals surface area contributed by atoms with Gasteiger partial charge in [0.1, 0.15) is 17.8 Å². The number of hydrogen-bond donors (Lipinski definition) is 1. The average molecular weight is 345 g/mol. The fraction of sp³-hybridized carbons (Fsp3) is 0.529. The average Bonchev–Trinajstić information content (AvgIpc) is 3.24. The molecule has 0 aromatic carbocycles. The highest BCUT2D eigenvalue weighted by Crippen LogP contribution is 2.41. The van der Waals surface area contributed by atoms with E-state index in [-0.39, 0.29) is 11.4 Å². The second-order valence-electron chi connectivity index (χ2n) is 6.04. The van der Waals surface area contributed by atoms with Gasteiger partial charge < -0.3 is 14.8 Å². The molecule has 1 N–H and O–H groups in total. The third kappa shape index (κ3) is 2.69. The lowest BCUT2D eigenvalue weighted by Crippen LogP contribution is -2.63. The van der Waals surface area contributed by atoms with Crippen LogP contribution in [0.5, 0.6) is 0 Å². The van der Waals surface area contributed by atoms with E-state index in [0.717, 1.165) is 49.3 Å². The van der Waals surface area contributed by atoms with Crippen molar-refractivity contribution in [2.45, 2.75) is 38.6 Å². The molecule has 2 fully saturated rings. The van der Waals surface area contributed by atoms with Crippen LogP contribution in [-0.4, -0.2) is 56.7 Å². The third-order valence-electron chi connectivity index (χ3n) is 4.92. The van der Waals surface area contributed by atoms with E-state index in [1.54, 1.807) is 12.1 Å². The Kier molecular flexibility index (Phi) is 4.86. The van der Waals surface area contributed by atoms with Crippen molar-refractivity contribution < 1.29 is 4.79 Å². The highest BCUT2D eigenvalue weighted by atomic mass is 31.0. The van der Waals surface area contributed by atoms with Gasteiger partial charge in [-0.25, -0.2) is 9.97 Å². The number of aromatic amines is 1. The lowest BCUT2D eigenvalue weighted by atomic mass is 9.83. The molecule has 2 aliphatic heterocycles. The Hall–Kier alpha value is -1.94. The lowest BCUT2D eigenvalue weighted by molar-refractivity contribution is -0.144. The first-order chi connectivity index (χ1) is 11.7. The predicted molar refractivity (Wildman–Crippen MR) is 100 cm³/mol. The van der Waals surface area contributed by atoms with Gasteiger partial charge in [0, 0.05) is 32.3 Å². The van der Waals surface area contributed by atoms with Gasteiger partial charge in [-0.3, -0.25) is 4.79 Å². The maximum absolute atomic E-state index is 12.2. The van der Waals surface area contributed by atoms with E-state index in [2.05, 4.69) is 28.7 Å². The zero-order valence-corrected chi connectivity index (χ0v) is 15.2. The van der Waals surface area contributed by atoms with Crippen molar-refractivity contribution in [3.8, 4) is 0 Å². The van der Waals surface area contributed by atoms with Crippen LogP contribution in [0.2, 0.25) is 0 Å². The number of amides is 1. The van der Waals surface area contributed by atoms with Crippen molar-refractivity contribution in [1.29, 1.82) is 0 Å². The summed E-state index contributed by atoms with van der Waals surface area (Å²) in [4.78, 5) is 28.4. The fourth-order valence-electron chi connectivity index (χ4n) is 3.70. The first-order valence-electron chi connectivity index (χ1n) is 8.56. The summed E-state index contributed by atoms with van der Waals surface area (Å²) in [6.45, 7) is 6.66. The van der Waals surface area contributed by atoms with Gasteiger partial charge >= 0.3 is 0 Å². The van der Waals surface area contributed by atoms with Gasteiger partial charge in [-0.2, -0.15) is 0 Å². The van der Waals surface area contributed by atoms with E-state index < -0.39 is 0 Å². The van der Waals surface area contributed by atoms with Gasteiger partial charge in [-0.1, -0.05) is 19.6 Å². The normalized spacial score (nSPS) is 22.2. The molecule has 7 heteroatoms. The van der Waals surface area contributed by atoms with Crippen molar-refractivity contribution in [1.82, 2.24) is 19.9 Å². The Morgan fingerprint density at radius 2 is 2.17 bits per heavy atom. The fourth-order valence-corrected chi connectivity index (χ4v) is 3.87. The molecule has 6 nitrogen and oxygen atoms in total. The van der Waals surface area contributed by atoms with E-state index in [0.29, 0.717) is 6.42 Å². The van der Waals surface area contributed by atoms with Crippen LogP contribution in [0.4, 0.5) is 5.82 Å². The summed E-state index contributed by atoms with van der Waals surface area (Å²) in [6, 6.07) is 2.01. The number of fused-ring (bicyclic) bond motifs is 1. The van der Waals surface area contributed by atoms with E-state index in [1.165, 1.54) is 0 Å². The molecule has 2 aromatic heterocycles. The molecule has 4 rings (SSSR count). The van der Waals surface area contributed by atoms with Gasteiger partial charge in [0.05, 0.1) is 10.9 Å². The molecule has 128 valence electrons. The van der Waals surface area contributed by atoms with Crippen LogP contribution in [-0.2, 0) is 4.79 Å². The van der Waals surface area contributed by atoms with Crippen molar-refractivity contribution >= 4 is 37.4 Å². The number of carbonyl (C=O) groups excluding carboxylic acids is 1. The molecule has 0 aliphatic carbocycles. The maximum atomic E-state index is 12.2. The molecule has 4 heterocycles. The molecular formula is C17H24N5OP. The van der Waals surface area contributed by atoms with E-state index in [9.17, 15) is 4.79 Å². The van der Waals surface area contributed by atoms with Gasteiger partial charge in [0.2, 0.25) is 5.91 Å². The summed E-state index contributed by atoms with van der Waals surface area (Å²) in [5, 5.41) is 1.05. The monoisotopic (exact) mass is 345 g/mol. The van der Waals surface area contributed by atoms with Gasteiger partial charge in [-0.05, 0) is 18.9 Å². The molecular weight excluding hydrogens is 321 g/mol. The van der Waals surface area contributed by atoms with Crippen molar-refractivity contribution in [2.75, 3.05) is 24.5 Å². The number of carbonyl (C=O) groups is 1. The largest absolute Gasteiger partial charge is 0.354 e. The topological polar surface area (TPSA) is 65.1 Å². The lowest BCUT2D eigenvalue weighted by Gasteiger charge is -2.50. The molecule has 0 radical (unpaired) electrons. The van der Waals surface area contributed by atoms with Crippen LogP contribution in [0.25, 0.3) is 11.0 Å². The molecule has 1 spiro atoms. The zero-order valence-electron chi connectivity index (χ0n) is 14.2. The van der Waals surface area contributed by atoms with E-state index in [1.807, 2.05) is 31.0 Å². The number of nitrogens with zero attached hydrogens (tertiary/aromatic N) is 4. The SMILES string of the molecule is CC.O=C(CC=P)N1CC[C@@]12CCN(c1ncnc3[nH]ccc13)C2. The van der Waals surface area contributed by atoms with Crippen LogP contribution in [0.3, 0.4) is 0 Å². The summed E-state index contributed by atoms with van der Waals surface area (Å²) >= 11 is 0. The second-order valence-corrected chi connectivity index (χ2v) is 6.44. The Bertz CT molecular complexity index is 745. The molecule has 0 saturated carbocycles. The second kappa shape index (κ2) is 6.89. The molecule has 0 bridgehead atoms. The third-order valence-corrected chi connectivity index (χ3v) is 5.12. The summed E-state index contributed by atoms with van der Waals surface area (Å²) in [5.41, 5.74) is 0.862. The number of aromatic nitrogens is 3. The van der Waals surface area contributed by atoms with Crippen molar-refractivity contribution in [2.24, 2.45) is 0 Å². The number of hydrogen-bond acceptors (Lipinski definition) is 4. The quantitative estimate of drug-likeness (QED) is 0.868. The summed E-state index contributed by atoms with van der Waals surface area (Å²) in [5.74, 6) is 2.92. The predicted octanol–water partition coefficient (Wildman–Crippen LogP) is 2.50. The minimum atomic E-state index is -0.000103. The van der Waals surface area contributed by atoms with Gasteiger partial charge in [0.15, 0.2) is 0 Å². The van der Waals surface area contributed by atoms with Crippen LogP contribution in [0.15, 0.2) is 18.6 Å². The van der Waals surface area contributed by atoms with Gasteiger partial charge in [0.25, 0.3) is 0 Å². The molecule has 2 aliphatic rings. The van der Waals surface area contributed by atoms with E-state index >= 15 is 0 Å². The first kappa shape index (κ1) is 16.9. The molecule has 2 aromatic rings. The smallest absolute Gasteiger partial charge is 0.227 e. The standard InChI is InChI=1S/C15H18N5OP.C2H6/c21-12(2-8-22)20-7-4-15(20)3-6-19(9-15)14-11-1-5-16-13(11)17-10-18-14;1-2/h1,5,8,10,22H,2-4,6-7,9H2,(H,16,17,18);1-2H3/t15-;/m1./s1. The maximum Gasteiger partial charge on any atom is 0.227 e. The molecule has 1 amide bonds. The molecule has 0 unspecified atom stereocenters. The molecule has 24 heavy (non-hydrogen) atoms. The van der Waals surface area contributed by atoms with E-state index in [4.69, 9.17) is 0 Å². The number of rotatable bonds is 3.